The van der Waals surface area contributed by atoms with Gasteiger partial charge in [0.15, 0.2) is 0 Å². The minimum atomic E-state index is 0.837. The summed E-state index contributed by atoms with van der Waals surface area (Å²) < 4.78 is 0. The molecular formula is C18H28N2S. The summed E-state index contributed by atoms with van der Waals surface area (Å²) in [5.74, 6) is 0.963. The molecule has 1 aromatic rings. The van der Waals surface area contributed by atoms with Gasteiger partial charge in [0, 0.05) is 36.6 Å². The van der Waals surface area contributed by atoms with Crippen LogP contribution in [-0.4, -0.2) is 41.5 Å². The summed E-state index contributed by atoms with van der Waals surface area (Å²) in [4.78, 5) is 7.22. The van der Waals surface area contributed by atoms with Crippen molar-refractivity contribution in [1.82, 2.24) is 9.80 Å². The van der Waals surface area contributed by atoms with Gasteiger partial charge in [0.05, 0.1) is 0 Å². The van der Waals surface area contributed by atoms with E-state index in [9.17, 15) is 0 Å². The van der Waals surface area contributed by atoms with Crippen LogP contribution in [0.15, 0.2) is 17.5 Å². The first-order valence-corrected chi connectivity index (χ1v) is 9.80. The van der Waals surface area contributed by atoms with Gasteiger partial charge < -0.3 is 0 Å². The maximum atomic E-state index is 2.86. The van der Waals surface area contributed by atoms with Crippen molar-refractivity contribution >= 4 is 11.3 Å². The highest BCUT2D eigenvalue weighted by Crippen LogP contribution is 2.38. The minimum absolute atomic E-state index is 0.837. The first-order chi connectivity index (χ1) is 10.4. The Morgan fingerprint density at radius 2 is 1.90 bits per heavy atom. The maximum absolute atomic E-state index is 2.86. The second-order valence-electron chi connectivity index (χ2n) is 7.18. The Bertz CT molecular complexity index is 438. The fourth-order valence-corrected chi connectivity index (χ4v) is 5.77. The third-order valence-electron chi connectivity index (χ3n) is 5.98. The van der Waals surface area contributed by atoms with E-state index in [4.69, 9.17) is 0 Å². The average molecular weight is 305 g/mol. The molecule has 1 saturated carbocycles. The zero-order chi connectivity index (χ0) is 14.1. The van der Waals surface area contributed by atoms with Crippen LogP contribution < -0.4 is 0 Å². The van der Waals surface area contributed by atoms with E-state index in [2.05, 4.69) is 27.3 Å². The van der Waals surface area contributed by atoms with Crippen molar-refractivity contribution in [3.63, 3.8) is 0 Å². The number of piperazine rings is 1. The van der Waals surface area contributed by atoms with Gasteiger partial charge in [-0.1, -0.05) is 25.3 Å². The van der Waals surface area contributed by atoms with Crippen molar-refractivity contribution in [3.05, 3.63) is 22.4 Å². The molecule has 1 aromatic heterocycles. The van der Waals surface area contributed by atoms with Crippen LogP contribution in [0.3, 0.4) is 0 Å². The molecule has 0 N–H and O–H groups in total. The Labute approximate surface area is 133 Å². The van der Waals surface area contributed by atoms with Gasteiger partial charge in [0.1, 0.15) is 0 Å². The molecule has 3 fully saturated rings. The fourth-order valence-electron chi connectivity index (χ4n) is 5.04. The molecule has 3 heteroatoms. The SMILES string of the molecule is c1csc(CN2CCN3CCC[C@@H]3[C@H]2C2CCCCC2)c1. The molecule has 0 spiro atoms. The molecule has 2 atom stereocenters. The smallest absolute Gasteiger partial charge is 0.0332 e. The summed E-state index contributed by atoms with van der Waals surface area (Å²) in [6.45, 7) is 5.15. The van der Waals surface area contributed by atoms with Crippen LogP contribution in [0, 0.1) is 5.92 Å². The molecule has 0 unspecified atom stereocenters. The van der Waals surface area contributed by atoms with E-state index in [1.807, 2.05) is 11.3 Å². The molecule has 0 bridgehead atoms. The third kappa shape index (κ3) is 2.93. The normalized spacial score (nSPS) is 32.4. The zero-order valence-electron chi connectivity index (χ0n) is 13.0. The molecule has 2 saturated heterocycles. The lowest BCUT2D eigenvalue weighted by Crippen LogP contribution is -2.59. The van der Waals surface area contributed by atoms with E-state index >= 15 is 0 Å². The molecule has 4 rings (SSSR count). The molecule has 1 aliphatic carbocycles. The van der Waals surface area contributed by atoms with Crippen molar-refractivity contribution in [1.29, 1.82) is 0 Å². The van der Waals surface area contributed by atoms with Gasteiger partial charge in [-0.3, -0.25) is 9.80 Å². The summed E-state index contributed by atoms with van der Waals surface area (Å²) in [5.41, 5.74) is 0. The van der Waals surface area contributed by atoms with E-state index in [-0.39, 0.29) is 0 Å². The lowest BCUT2D eigenvalue weighted by atomic mass is 9.78. The number of rotatable bonds is 3. The van der Waals surface area contributed by atoms with Gasteiger partial charge in [0.2, 0.25) is 0 Å². The van der Waals surface area contributed by atoms with Crippen molar-refractivity contribution in [3.8, 4) is 0 Å². The molecule has 0 amide bonds. The number of nitrogens with zero attached hydrogens (tertiary/aromatic N) is 2. The predicted molar refractivity (Wildman–Crippen MR) is 89.7 cm³/mol. The van der Waals surface area contributed by atoms with E-state index < -0.39 is 0 Å². The molecule has 2 nitrogen and oxygen atoms in total. The first-order valence-electron chi connectivity index (χ1n) is 8.92. The Balaban J connectivity index is 1.54. The molecule has 116 valence electrons. The van der Waals surface area contributed by atoms with Crippen LogP contribution in [0.1, 0.15) is 49.8 Å². The Hall–Kier alpha value is -0.380. The van der Waals surface area contributed by atoms with Gasteiger partial charge in [0.25, 0.3) is 0 Å². The van der Waals surface area contributed by atoms with Crippen LogP contribution in [0.5, 0.6) is 0 Å². The zero-order valence-corrected chi connectivity index (χ0v) is 13.9. The summed E-state index contributed by atoms with van der Waals surface area (Å²) in [5, 5.41) is 2.23. The average Bonchev–Trinajstić information content (AvgIpc) is 3.19. The molecule has 3 aliphatic rings. The summed E-state index contributed by atoms with van der Waals surface area (Å²) in [6.07, 6.45) is 10.3. The molecule has 0 radical (unpaired) electrons. The third-order valence-corrected chi connectivity index (χ3v) is 6.84. The number of hydrogen-bond donors (Lipinski definition) is 0. The van der Waals surface area contributed by atoms with E-state index in [1.165, 1.54) is 71.1 Å². The maximum Gasteiger partial charge on any atom is 0.0332 e. The summed E-state index contributed by atoms with van der Waals surface area (Å²) in [7, 11) is 0. The lowest BCUT2D eigenvalue weighted by Gasteiger charge is -2.49. The van der Waals surface area contributed by atoms with Crippen LogP contribution in [-0.2, 0) is 6.54 Å². The van der Waals surface area contributed by atoms with Gasteiger partial charge in [-0.25, -0.2) is 0 Å². The second-order valence-corrected chi connectivity index (χ2v) is 8.22. The highest BCUT2D eigenvalue weighted by atomic mass is 32.1. The van der Waals surface area contributed by atoms with Gasteiger partial charge >= 0.3 is 0 Å². The summed E-state index contributed by atoms with van der Waals surface area (Å²) >= 11 is 1.94. The monoisotopic (exact) mass is 304 g/mol. The van der Waals surface area contributed by atoms with E-state index in [0.717, 1.165) is 18.0 Å². The predicted octanol–water partition coefficient (Wildman–Crippen LogP) is 3.98. The molecule has 2 aliphatic heterocycles. The Morgan fingerprint density at radius 3 is 2.71 bits per heavy atom. The quantitative estimate of drug-likeness (QED) is 0.833. The van der Waals surface area contributed by atoms with Crippen molar-refractivity contribution < 1.29 is 0 Å². The van der Waals surface area contributed by atoms with Gasteiger partial charge in [-0.05, 0) is 49.6 Å². The topological polar surface area (TPSA) is 6.48 Å². The Morgan fingerprint density at radius 1 is 1.00 bits per heavy atom. The van der Waals surface area contributed by atoms with Crippen molar-refractivity contribution in [2.24, 2.45) is 5.92 Å². The number of hydrogen-bond acceptors (Lipinski definition) is 3. The second kappa shape index (κ2) is 6.39. The van der Waals surface area contributed by atoms with E-state index in [0.29, 0.717) is 0 Å². The molecule has 21 heavy (non-hydrogen) atoms. The highest BCUT2D eigenvalue weighted by Gasteiger charge is 2.42. The minimum Gasteiger partial charge on any atom is -0.298 e. The first kappa shape index (κ1) is 14.2. The largest absolute Gasteiger partial charge is 0.298 e. The van der Waals surface area contributed by atoms with Crippen molar-refractivity contribution in [2.75, 3.05) is 19.6 Å². The fraction of sp³-hybridized carbons (Fsp3) is 0.778. The lowest BCUT2D eigenvalue weighted by molar-refractivity contribution is -0.00325. The highest BCUT2D eigenvalue weighted by molar-refractivity contribution is 7.09. The van der Waals surface area contributed by atoms with Gasteiger partial charge in [-0.15, -0.1) is 11.3 Å². The number of thiophene rings is 1. The van der Waals surface area contributed by atoms with Crippen LogP contribution in [0.25, 0.3) is 0 Å². The molecule has 3 heterocycles. The van der Waals surface area contributed by atoms with E-state index in [1.54, 1.807) is 4.88 Å². The van der Waals surface area contributed by atoms with Crippen molar-refractivity contribution in [2.45, 2.75) is 63.6 Å². The van der Waals surface area contributed by atoms with Crippen LogP contribution in [0.4, 0.5) is 0 Å². The molecular weight excluding hydrogens is 276 g/mol. The molecule has 0 aromatic carbocycles. The van der Waals surface area contributed by atoms with Crippen LogP contribution >= 0.6 is 11.3 Å². The van der Waals surface area contributed by atoms with Gasteiger partial charge in [-0.2, -0.15) is 0 Å². The van der Waals surface area contributed by atoms with Crippen LogP contribution in [0.2, 0.25) is 0 Å². The summed E-state index contributed by atoms with van der Waals surface area (Å²) in [6, 6.07) is 6.23. The Kier molecular flexibility index (Phi) is 4.33. The number of fused-ring (bicyclic) bond motifs is 1. The standard InChI is InChI=1S/C18H28N2S/c1-2-6-15(7-3-1)18-17-9-4-10-19(17)11-12-20(18)14-16-8-5-13-21-16/h5,8,13,15,17-18H,1-4,6-7,9-12,14H2/t17-,18-/m1/s1.